The van der Waals surface area contributed by atoms with Crippen LogP contribution in [0.25, 0.3) is 0 Å². The topological polar surface area (TPSA) is 24.9 Å². The van der Waals surface area contributed by atoms with Crippen LogP contribution in [0.5, 0.6) is 0 Å². The Bertz CT molecular complexity index is 331. The Kier molecular flexibility index (Phi) is 7.17. The Morgan fingerprint density at radius 3 is 2.65 bits per heavy atom. The molecule has 0 radical (unpaired) electrons. The Labute approximate surface area is 111 Å². The molecule has 96 valence electrons. The second-order valence-electron chi connectivity index (χ2n) is 4.18. The summed E-state index contributed by atoms with van der Waals surface area (Å²) in [7, 11) is 0. The fourth-order valence-corrected chi connectivity index (χ4v) is 1.96. The highest BCUT2D eigenvalue weighted by Gasteiger charge is 2.02. The van der Waals surface area contributed by atoms with Crippen LogP contribution in [0.1, 0.15) is 45.4 Å². The van der Waals surface area contributed by atoms with Crippen molar-refractivity contribution in [3.05, 3.63) is 22.6 Å². The van der Waals surface area contributed by atoms with Gasteiger partial charge in [-0.3, -0.25) is 0 Å². The third-order valence-electron chi connectivity index (χ3n) is 2.63. The Morgan fingerprint density at radius 1 is 1.24 bits per heavy atom. The number of rotatable bonds is 8. The largest absolute Gasteiger partial charge is 0.368 e. The summed E-state index contributed by atoms with van der Waals surface area (Å²) in [6.07, 6.45) is 9.04. The van der Waals surface area contributed by atoms with Crippen molar-refractivity contribution in [2.75, 3.05) is 11.9 Å². The fraction of sp³-hybridized carbons (Fsp3) is 0.615. The second kappa shape index (κ2) is 8.45. The molecule has 0 amide bonds. The van der Waals surface area contributed by atoms with Crippen molar-refractivity contribution in [1.29, 1.82) is 0 Å². The van der Waals surface area contributed by atoms with Gasteiger partial charge in [0.15, 0.2) is 11.6 Å². The third-order valence-corrected chi connectivity index (χ3v) is 3.06. The molecule has 4 heteroatoms. The van der Waals surface area contributed by atoms with Gasteiger partial charge < -0.3 is 5.32 Å². The molecule has 0 unspecified atom stereocenters. The molecule has 1 aromatic rings. The summed E-state index contributed by atoms with van der Waals surface area (Å²) >= 11 is 3.18. The molecule has 0 saturated heterocycles. The molecule has 0 aliphatic heterocycles. The van der Waals surface area contributed by atoms with Crippen LogP contribution in [0, 0.1) is 5.82 Å². The normalized spacial score (nSPS) is 10.5. The maximum absolute atomic E-state index is 13.4. The summed E-state index contributed by atoms with van der Waals surface area (Å²) in [4.78, 5) is 3.99. The van der Waals surface area contributed by atoms with Gasteiger partial charge in [-0.1, -0.05) is 39.0 Å². The van der Waals surface area contributed by atoms with Crippen LogP contribution in [0.3, 0.4) is 0 Å². The first-order chi connectivity index (χ1) is 8.24. The second-order valence-corrected chi connectivity index (χ2v) is 5.09. The van der Waals surface area contributed by atoms with Crippen LogP contribution < -0.4 is 5.32 Å². The fourth-order valence-electron chi connectivity index (χ4n) is 1.66. The SMILES string of the molecule is CCCCCCCCNc1ncc(Br)cc1F. The van der Waals surface area contributed by atoms with Gasteiger partial charge in [-0.05, 0) is 28.4 Å². The number of hydrogen-bond donors (Lipinski definition) is 1. The number of halogens is 2. The summed E-state index contributed by atoms with van der Waals surface area (Å²) in [5.41, 5.74) is 0. The van der Waals surface area contributed by atoms with E-state index in [1.807, 2.05) is 0 Å². The first-order valence-electron chi connectivity index (χ1n) is 6.29. The summed E-state index contributed by atoms with van der Waals surface area (Å²) in [6, 6.07) is 1.43. The highest BCUT2D eigenvalue weighted by atomic mass is 79.9. The monoisotopic (exact) mass is 302 g/mol. The molecule has 0 aromatic carbocycles. The average molecular weight is 303 g/mol. The van der Waals surface area contributed by atoms with Crippen LogP contribution >= 0.6 is 15.9 Å². The highest BCUT2D eigenvalue weighted by molar-refractivity contribution is 9.10. The van der Waals surface area contributed by atoms with Gasteiger partial charge in [0, 0.05) is 17.2 Å². The van der Waals surface area contributed by atoms with Gasteiger partial charge >= 0.3 is 0 Å². The number of anilines is 1. The first-order valence-corrected chi connectivity index (χ1v) is 7.08. The van der Waals surface area contributed by atoms with E-state index in [1.165, 1.54) is 38.2 Å². The van der Waals surface area contributed by atoms with E-state index in [0.717, 1.165) is 13.0 Å². The van der Waals surface area contributed by atoms with Gasteiger partial charge in [-0.15, -0.1) is 0 Å². The predicted octanol–water partition coefficient (Wildman–Crippen LogP) is 4.76. The van der Waals surface area contributed by atoms with Gasteiger partial charge in [0.1, 0.15) is 0 Å². The minimum Gasteiger partial charge on any atom is -0.368 e. The summed E-state index contributed by atoms with van der Waals surface area (Å²) in [5, 5.41) is 3.02. The maximum Gasteiger partial charge on any atom is 0.166 e. The minimum absolute atomic E-state index is 0.301. The molecule has 1 rings (SSSR count). The van der Waals surface area contributed by atoms with Crippen molar-refractivity contribution in [1.82, 2.24) is 4.98 Å². The van der Waals surface area contributed by atoms with Crippen LogP contribution in [0.2, 0.25) is 0 Å². The molecule has 1 heterocycles. The van der Waals surface area contributed by atoms with Crippen molar-refractivity contribution >= 4 is 21.7 Å². The lowest BCUT2D eigenvalue weighted by atomic mass is 10.1. The molecule has 17 heavy (non-hydrogen) atoms. The molecule has 0 aliphatic carbocycles. The third kappa shape index (κ3) is 6.01. The Hall–Kier alpha value is -0.640. The number of nitrogens with zero attached hydrogens (tertiary/aromatic N) is 1. The van der Waals surface area contributed by atoms with E-state index < -0.39 is 0 Å². The standard InChI is InChI=1S/C13H20BrFN2/c1-2-3-4-5-6-7-8-16-13-12(15)9-11(14)10-17-13/h9-10H,2-8H2,1H3,(H,16,17). The molecule has 0 bridgehead atoms. The van der Waals surface area contributed by atoms with E-state index in [0.29, 0.717) is 10.3 Å². The predicted molar refractivity (Wildman–Crippen MR) is 73.8 cm³/mol. The number of pyridine rings is 1. The molecule has 0 fully saturated rings. The number of hydrogen-bond acceptors (Lipinski definition) is 2. The number of nitrogens with one attached hydrogen (secondary N) is 1. The van der Waals surface area contributed by atoms with Gasteiger partial charge in [0.2, 0.25) is 0 Å². The molecular formula is C13H20BrFN2. The van der Waals surface area contributed by atoms with Crippen LogP contribution in [-0.2, 0) is 0 Å². The molecular weight excluding hydrogens is 283 g/mol. The van der Waals surface area contributed by atoms with Gasteiger partial charge in [0.25, 0.3) is 0 Å². The summed E-state index contributed by atoms with van der Waals surface area (Å²) in [5.74, 6) is 0.0483. The zero-order chi connectivity index (χ0) is 12.5. The van der Waals surface area contributed by atoms with E-state index in [2.05, 4.69) is 33.2 Å². The van der Waals surface area contributed by atoms with Crippen LogP contribution in [0.15, 0.2) is 16.7 Å². The molecule has 0 spiro atoms. The zero-order valence-electron chi connectivity index (χ0n) is 10.3. The Morgan fingerprint density at radius 2 is 1.94 bits per heavy atom. The maximum atomic E-state index is 13.4. The zero-order valence-corrected chi connectivity index (χ0v) is 11.9. The lowest BCUT2D eigenvalue weighted by molar-refractivity contribution is 0.608. The van der Waals surface area contributed by atoms with Crippen molar-refractivity contribution in [2.24, 2.45) is 0 Å². The Balaban J connectivity index is 2.14. The summed E-state index contributed by atoms with van der Waals surface area (Å²) < 4.78 is 14.0. The molecule has 0 atom stereocenters. The van der Waals surface area contributed by atoms with Crippen molar-refractivity contribution < 1.29 is 4.39 Å². The lowest BCUT2D eigenvalue weighted by Gasteiger charge is -2.06. The van der Waals surface area contributed by atoms with E-state index in [9.17, 15) is 4.39 Å². The smallest absolute Gasteiger partial charge is 0.166 e. The first kappa shape index (κ1) is 14.4. The van der Waals surface area contributed by atoms with Crippen molar-refractivity contribution in [3.63, 3.8) is 0 Å². The average Bonchev–Trinajstić information content (AvgIpc) is 2.30. The quantitative estimate of drug-likeness (QED) is 0.701. The van der Waals surface area contributed by atoms with E-state index in [1.54, 1.807) is 6.20 Å². The lowest BCUT2D eigenvalue weighted by Crippen LogP contribution is -2.05. The minimum atomic E-state index is -0.301. The molecule has 2 nitrogen and oxygen atoms in total. The van der Waals surface area contributed by atoms with E-state index in [4.69, 9.17) is 0 Å². The van der Waals surface area contributed by atoms with Crippen molar-refractivity contribution in [3.8, 4) is 0 Å². The van der Waals surface area contributed by atoms with Crippen molar-refractivity contribution in [2.45, 2.75) is 45.4 Å². The molecule has 1 aromatic heterocycles. The number of unbranched alkanes of at least 4 members (excludes halogenated alkanes) is 5. The van der Waals surface area contributed by atoms with Gasteiger partial charge in [-0.2, -0.15) is 0 Å². The van der Waals surface area contributed by atoms with Gasteiger partial charge in [0.05, 0.1) is 0 Å². The molecule has 0 aliphatic rings. The van der Waals surface area contributed by atoms with E-state index >= 15 is 0 Å². The summed E-state index contributed by atoms with van der Waals surface area (Å²) in [6.45, 7) is 3.00. The van der Waals surface area contributed by atoms with Gasteiger partial charge in [-0.25, -0.2) is 9.37 Å². The van der Waals surface area contributed by atoms with E-state index in [-0.39, 0.29) is 5.82 Å². The highest BCUT2D eigenvalue weighted by Crippen LogP contribution is 2.16. The van der Waals surface area contributed by atoms with Crippen LogP contribution in [-0.4, -0.2) is 11.5 Å². The van der Waals surface area contributed by atoms with Crippen LogP contribution in [0.4, 0.5) is 10.2 Å². The molecule has 0 saturated carbocycles. The number of aromatic nitrogens is 1. The molecule has 1 N–H and O–H groups in total.